The molecule has 0 fully saturated rings. The molecule has 0 heterocycles. The molecule has 3 N–H and O–H groups in total. The number of rotatable bonds is 9. The average molecular weight is 462 g/mol. The number of nitrogens with zero attached hydrogens (tertiary/aromatic N) is 1. The lowest BCUT2D eigenvalue weighted by atomic mass is 10.2. The first-order chi connectivity index (χ1) is 11.6. The number of hydrogen-bond donors (Lipinski definition) is 3. The van der Waals surface area contributed by atoms with Crippen molar-refractivity contribution < 1.29 is 9.53 Å². The molecule has 1 amide bonds. The number of ether oxygens (including phenoxy) is 1. The maximum absolute atomic E-state index is 11.8. The van der Waals surface area contributed by atoms with E-state index in [0.717, 1.165) is 24.3 Å². The zero-order valence-corrected chi connectivity index (χ0v) is 17.9. The number of guanidine groups is 1. The number of aliphatic imine (C=N–C) groups is 1. The Balaban J connectivity index is 0.00000576. The molecular formula is C18H31IN4O2. The highest BCUT2D eigenvalue weighted by Crippen LogP contribution is 2.11. The first kappa shape index (κ1) is 23.5. The van der Waals surface area contributed by atoms with Gasteiger partial charge in [0.2, 0.25) is 5.91 Å². The maximum Gasteiger partial charge on any atom is 0.221 e. The van der Waals surface area contributed by atoms with E-state index in [4.69, 9.17) is 4.74 Å². The third-order valence-electron chi connectivity index (χ3n) is 3.59. The van der Waals surface area contributed by atoms with Crippen molar-refractivity contribution in [2.75, 3.05) is 20.2 Å². The molecule has 1 unspecified atom stereocenters. The van der Waals surface area contributed by atoms with Gasteiger partial charge in [-0.3, -0.25) is 4.79 Å². The number of carbonyl (C=O) groups excluding carboxylic acids is 1. The lowest BCUT2D eigenvalue weighted by Crippen LogP contribution is -2.40. The second-order valence-corrected chi connectivity index (χ2v) is 5.60. The van der Waals surface area contributed by atoms with E-state index in [-0.39, 0.29) is 35.9 Å². The van der Waals surface area contributed by atoms with Gasteiger partial charge < -0.3 is 20.7 Å². The lowest BCUT2D eigenvalue weighted by molar-refractivity contribution is -0.121. The molecule has 0 radical (unpaired) electrons. The molecule has 25 heavy (non-hydrogen) atoms. The maximum atomic E-state index is 11.8. The number of methoxy groups -OCH3 is 1. The molecule has 6 nitrogen and oxygen atoms in total. The van der Waals surface area contributed by atoms with Gasteiger partial charge in [0.1, 0.15) is 5.75 Å². The minimum Gasteiger partial charge on any atom is -0.497 e. The molecule has 1 aromatic carbocycles. The molecule has 0 saturated heterocycles. The van der Waals surface area contributed by atoms with E-state index >= 15 is 0 Å². The molecule has 0 aliphatic carbocycles. The van der Waals surface area contributed by atoms with Gasteiger partial charge in [-0.05, 0) is 38.0 Å². The van der Waals surface area contributed by atoms with Crippen LogP contribution in [-0.4, -0.2) is 38.1 Å². The Labute approximate surface area is 168 Å². The zero-order chi connectivity index (χ0) is 17.8. The quantitative estimate of drug-likeness (QED) is 0.300. The molecule has 1 atom stereocenters. The summed E-state index contributed by atoms with van der Waals surface area (Å²) in [6, 6.07) is 8.04. The summed E-state index contributed by atoms with van der Waals surface area (Å²) in [5.41, 5.74) is 1.10. The van der Waals surface area contributed by atoms with Gasteiger partial charge in [0.25, 0.3) is 0 Å². The number of carbonyl (C=O) groups is 1. The first-order valence-electron chi connectivity index (χ1n) is 8.53. The topological polar surface area (TPSA) is 74.8 Å². The van der Waals surface area contributed by atoms with Crippen LogP contribution in [0.5, 0.6) is 5.75 Å². The van der Waals surface area contributed by atoms with Gasteiger partial charge in [-0.2, -0.15) is 0 Å². The van der Waals surface area contributed by atoms with Crippen molar-refractivity contribution in [2.24, 2.45) is 4.99 Å². The summed E-state index contributed by atoms with van der Waals surface area (Å²) in [7, 11) is 1.65. The van der Waals surface area contributed by atoms with Gasteiger partial charge in [-0.25, -0.2) is 4.99 Å². The van der Waals surface area contributed by atoms with E-state index in [1.807, 2.05) is 38.1 Å². The second kappa shape index (κ2) is 13.7. The van der Waals surface area contributed by atoms with Crippen molar-refractivity contribution in [3.63, 3.8) is 0 Å². The Hall–Kier alpha value is -1.51. The fraction of sp³-hybridized carbons (Fsp3) is 0.556. The van der Waals surface area contributed by atoms with Crippen LogP contribution in [0.3, 0.4) is 0 Å². The van der Waals surface area contributed by atoms with Gasteiger partial charge in [0.15, 0.2) is 5.96 Å². The highest BCUT2D eigenvalue weighted by atomic mass is 127. The second-order valence-electron chi connectivity index (χ2n) is 5.60. The van der Waals surface area contributed by atoms with E-state index in [1.165, 1.54) is 0 Å². The molecule has 1 aromatic rings. The Bertz CT molecular complexity index is 520. The number of benzene rings is 1. The molecule has 142 valence electrons. The van der Waals surface area contributed by atoms with Crippen molar-refractivity contribution in [1.29, 1.82) is 0 Å². The smallest absolute Gasteiger partial charge is 0.221 e. The summed E-state index contributed by atoms with van der Waals surface area (Å²) in [6.45, 7) is 7.97. The predicted molar refractivity (Wildman–Crippen MR) is 114 cm³/mol. The molecule has 0 spiro atoms. The number of halogens is 1. The van der Waals surface area contributed by atoms with Crippen LogP contribution in [0.15, 0.2) is 29.3 Å². The van der Waals surface area contributed by atoms with Crippen LogP contribution < -0.4 is 20.7 Å². The van der Waals surface area contributed by atoms with E-state index in [2.05, 4.69) is 27.9 Å². The molecule has 1 rings (SSSR count). The van der Waals surface area contributed by atoms with Crippen LogP contribution in [-0.2, 0) is 11.3 Å². The molecule has 7 heteroatoms. The van der Waals surface area contributed by atoms with Crippen LogP contribution in [0, 0.1) is 0 Å². The molecule has 0 aliphatic rings. The number of hydrogen-bond acceptors (Lipinski definition) is 3. The van der Waals surface area contributed by atoms with Gasteiger partial charge in [-0.1, -0.05) is 19.1 Å². The molecule has 0 aromatic heterocycles. The minimum atomic E-state index is 0. The Morgan fingerprint density at radius 2 is 1.88 bits per heavy atom. The highest BCUT2D eigenvalue weighted by Gasteiger charge is 2.05. The summed E-state index contributed by atoms with van der Waals surface area (Å²) < 4.78 is 5.15. The van der Waals surface area contributed by atoms with E-state index in [9.17, 15) is 4.79 Å². The fourth-order valence-corrected chi connectivity index (χ4v) is 1.99. The Kier molecular flexibility index (Phi) is 12.9. The molecule has 0 bridgehead atoms. The van der Waals surface area contributed by atoms with E-state index in [0.29, 0.717) is 25.5 Å². The van der Waals surface area contributed by atoms with Crippen molar-refractivity contribution in [2.45, 2.75) is 46.2 Å². The fourth-order valence-electron chi connectivity index (χ4n) is 1.99. The van der Waals surface area contributed by atoms with Crippen molar-refractivity contribution in [3.05, 3.63) is 29.8 Å². The van der Waals surface area contributed by atoms with Crippen LogP contribution in [0.25, 0.3) is 0 Å². The summed E-state index contributed by atoms with van der Waals surface area (Å²) in [5.74, 6) is 1.60. The van der Waals surface area contributed by atoms with Crippen molar-refractivity contribution in [1.82, 2.24) is 16.0 Å². The summed E-state index contributed by atoms with van der Waals surface area (Å²) in [4.78, 5) is 16.3. The van der Waals surface area contributed by atoms with Gasteiger partial charge >= 0.3 is 0 Å². The average Bonchev–Trinajstić information content (AvgIpc) is 2.59. The zero-order valence-electron chi connectivity index (χ0n) is 15.6. The highest BCUT2D eigenvalue weighted by molar-refractivity contribution is 14.0. The third-order valence-corrected chi connectivity index (χ3v) is 3.59. The SMILES string of the molecule is CCNC(=NCc1ccc(OC)cc1)NCCC(=O)NC(C)CC.I. The van der Waals surface area contributed by atoms with Crippen molar-refractivity contribution in [3.8, 4) is 5.75 Å². The van der Waals surface area contributed by atoms with Crippen LogP contribution in [0.2, 0.25) is 0 Å². The molecule has 0 aliphatic heterocycles. The Morgan fingerprint density at radius 1 is 1.20 bits per heavy atom. The number of amides is 1. The van der Waals surface area contributed by atoms with Crippen LogP contribution >= 0.6 is 24.0 Å². The predicted octanol–water partition coefficient (Wildman–Crippen LogP) is 2.67. The normalized spacial score (nSPS) is 11.9. The Morgan fingerprint density at radius 3 is 2.44 bits per heavy atom. The summed E-state index contributed by atoms with van der Waals surface area (Å²) in [6.07, 6.45) is 1.36. The third kappa shape index (κ3) is 10.2. The summed E-state index contributed by atoms with van der Waals surface area (Å²) in [5, 5.41) is 9.33. The van der Waals surface area contributed by atoms with Crippen molar-refractivity contribution >= 4 is 35.8 Å². The summed E-state index contributed by atoms with van der Waals surface area (Å²) >= 11 is 0. The molecular weight excluding hydrogens is 431 g/mol. The minimum absolute atomic E-state index is 0. The van der Waals surface area contributed by atoms with Gasteiger partial charge in [0, 0.05) is 25.6 Å². The van der Waals surface area contributed by atoms with Gasteiger partial charge in [-0.15, -0.1) is 24.0 Å². The monoisotopic (exact) mass is 462 g/mol. The van der Waals surface area contributed by atoms with E-state index < -0.39 is 0 Å². The largest absolute Gasteiger partial charge is 0.497 e. The first-order valence-corrected chi connectivity index (χ1v) is 8.53. The lowest BCUT2D eigenvalue weighted by Gasteiger charge is -2.13. The van der Waals surface area contributed by atoms with Crippen LogP contribution in [0.4, 0.5) is 0 Å². The molecule has 0 saturated carbocycles. The van der Waals surface area contributed by atoms with Crippen LogP contribution in [0.1, 0.15) is 39.2 Å². The standard InChI is InChI=1S/C18H30N4O2.HI/c1-5-14(3)22-17(23)11-12-20-18(19-6-2)21-13-15-7-9-16(24-4)10-8-15;/h7-10,14H,5-6,11-13H2,1-4H3,(H,22,23)(H2,19,20,21);1H. The number of nitrogens with one attached hydrogen (secondary N) is 3. The van der Waals surface area contributed by atoms with Gasteiger partial charge in [0.05, 0.1) is 13.7 Å². The van der Waals surface area contributed by atoms with E-state index in [1.54, 1.807) is 7.11 Å².